The second kappa shape index (κ2) is 6.99. The Morgan fingerprint density at radius 2 is 2.04 bits per heavy atom. The number of nitrogens with zero attached hydrogens (tertiary/aromatic N) is 3. The summed E-state index contributed by atoms with van der Waals surface area (Å²) in [5.74, 6) is 1.29. The molecule has 1 saturated heterocycles. The van der Waals surface area contributed by atoms with Gasteiger partial charge in [-0.25, -0.2) is 9.97 Å². The van der Waals surface area contributed by atoms with Gasteiger partial charge in [0.2, 0.25) is 0 Å². The molecule has 0 aliphatic carbocycles. The van der Waals surface area contributed by atoms with E-state index in [1.54, 1.807) is 12.4 Å². The van der Waals surface area contributed by atoms with Crippen molar-refractivity contribution < 1.29 is 4.79 Å². The number of carbonyl (C=O) groups excluding carboxylic acids is 1. The predicted octanol–water partition coefficient (Wildman–Crippen LogP) is 3.58. The Bertz CT molecular complexity index is 727. The molecular formula is C19H24N4O. The maximum Gasteiger partial charge on any atom is 0.275 e. The number of piperidine rings is 1. The maximum atomic E-state index is 12.3. The van der Waals surface area contributed by atoms with Crippen molar-refractivity contribution in [2.45, 2.75) is 33.6 Å². The van der Waals surface area contributed by atoms with E-state index in [1.807, 2.05) is 32.0 Å². The molecule has 1 amide bonds. The Labute approximate surface area is 143 Å². The number of rotatable bonds is 3. The van der Waals surface area contributed by atoms with Crippen molar-refractivity contribution in [2.75, 3.05) is 23.3 Å². The van der Waals surface area contributed by atoms with Crippen molar-refractivity contribution in [3.05, 3.63) is 47.4 Å². The molecule has 0 saturated carbocycles. The fourth-order valence-corrected chi connectivity index (χ4v) is 3.01. The van der Waals surface area contributed by atoms with Crippen LogP contribution in [0.2, 0.25) is 0 Å². The summed E-state index contributed by atoms with van der Waals surface area (Å²) in [6, 6.07) is 5.86. The van der Waals surface area contributed by atoms with Gasteiger partial charge in [-0.1, -0.05) is 13.0 Å². The Kier molecular flexibility index (Phi) is 4.79. The molecule has 2 aromatic rings. The molecule has 0 spiro atoms. The van der Waals surface area contributed by atoms with Crippen LogP contribution in [0.1, 0.15) is 41.4 Å². The third kappa shape index (κ3) is 3.72. The number of carbonyl (C=O) groups is 1. The molecule has 5 nitrogen and oxygen atoms in total. The van der Waals surface area contributed by atoms with E-state index in [-0.39, 0.29) is 5.91 Å². The largest absolute Gasteiger partial charge is 0.355 e. The first-order valence-corrected chi connectivity index (χ1v) is 8.48. The molecule has 0 bridgehead atoms. The number of nitrogens with one attached hydrogen (secondary N) is 1. The zero-order valence-corrected chi connectivity index (χ0v) is 14.5. The van der Waals surface area contributed by atoms with E-state index in [0.717, 1.165) is 30.2 Å². The van der Waals surface area contributed by atoms with Crippen LogP contribution in [0.4, 0.5) is 11.5 Å². The molecule has 0 radical (unpaired) electrons. The molecule has 1 aliphatic rings. The van der Waals surface area contributed by atoms with Crippen LogP contribution in [0.15, 0.2) is 30.6 Å². The highest BCUT2D eigenvalue weighted by Crippen LogP contribution is 2.20. The molecule has 1 unspecified atom stereocenters. The van der Waals surface area contributed by atoms with E-state index >= 15 is 0 Å². The van der Waals surface area contributed by atoms with Gasteiger partial charge in [-0.15, -0.1) is 0 Å². The van der Waals surface area contributed by atoms with E-state index in [4.69, 9.17) is 0 Å². The summed E-state index contributed by atoms with van der Waals surface area (Å²) in [4.78, 5) is 23.3. The second-order valence-electron chi connectivity index (χ2n) is 6.71. The molecule has 1 aromatic carbocycles. The first-order valence-electron chi connectivity index (χ1n) is 8.48. The van der Waals surface area contributed by atoms with Crippen LogP contribution in [0.3, 0.4) is 0 Å². The van der Waals surface area contributed by atoms with E-state index < -0.39 is 0 Å². The van der Waals surface area contributed by atoms with Crippen LogP contribution < -0.4 is 10.2 Å². The SMILES string of the molecule is Cc1ccc(NC(=O)c2cnc(N3CCCC(C)C3)cn2)cc1C. The highest BCUT2D eigenvalue weighted by molar-refractivity contribution is 6.02. The molecule has 126 valence electrons. The van der Waals surface area contributed by atoms with Gasteiger partial charge in [-0.05, 0) is 55.9 Å². The molecule has 5 heteroatoms. The van der Waals surface area contributed by atoms with Gasteiger partial charge in [0.05, 0.1) is 12.4 Å². The zero-order valence-electron chi connectivity index (χ0n) is 14.5. The summed E-state index contributed by atoms with van der Waals surface area (Å²) in [5.41, 5.74) is 3.46. The van der Waals surface area contributed by atoms with Crippen LogP contribution in [-0.2, 0) is 0 Å². The summed E-state index contributed by atoms with van der Waals surface area (Å²) in [5, 5.41) is 2.88. The molecule has 1 aliphatic heterocycles. The Balaban J connectivity index is 1.68. The van der Waals surface area contributed by atoms with Gasteiger partial charge in [0, 0.05) is 18.8 Å². The summed E-state index contributed by atoms with van der Waals surface area (Å²) in [6.45, 7) is 8.34. The predicted molar refractivity (Wildman–Crippen MR) is 96.5 cm³/mol. The number of benzene rings is 1. The van der Waals surface area contributed by atoms with Crippen LogP contribution in [0, 0.1) is 19.8 Å². The van der Waals surface area contributed by atoms with Crippen LogP contribution >= 0.6 is 0 Å². The minimum absolute atomic E-state index is 0.232. The van der Waals surface area contributed by atoms with Crippen LogP contribution in [-0.4, -0.2) is 29.0 Å². The molecule has 1 atom stereocenters. The average Bonchev–Trinajstić information content (AvgIpc) is 2.58. The molecular weight excluding hydrogens is 300 g/mol. The van der Waals surface area contributed by atoms with Gasteiger partial charge in [0.15, 0.2) is 0 Å². The van der Waals surface area contributed by atoms with Crippen molar-refractivity contribution in [3.8, 4) is 0 Å². The summed E-state index contributed by atoms with van der Waals surface area (Å²) < 4.78 is 0. The number of aryl methyl sites for hydroxylation is 2. The highest BCUT2D eigenvalue weighted by Gasteiger charge is 2.18. The van der Waals surface area contributed by atoms with Gasteiger partial charge in [-0.2, -0.15) is 0 Å². The van der Waals surface area contributed by atoms with Crippen LogP contribution in [0.25, 0.3) is 0 Å². The fraction of sp³-hybridized carbons (Fsp3) is 0.421. The molecule has 2 heterocycles. The smallest absolute Gasteiger partial charge is 0.275 e. The number of amides is 1. The molecule has 1 fully saturated rings. The van der Waals surface area contributed by atoms with Gasteiger partial charge < -0.3 is 10.2 Å². The number of hydrogen-bond acceptors (Lipinski definition) is 4. The van der Waals surface area contributed by atoms with Gasteiger partial charge in [0.25, 0.3) is 5.91 Å². The number of aromatic nitrogens is 2. The lowest BCUT2D eigenvalue weighted by Gasteiger charge is -2.31. The summed E-state index contributed by atoms with van der Waals surface area (Å²) >= 11 is 0. The van der Waals surface area contributed by atoms with E-state index in [1.165, 1.54) is 18.4 Å². The van der Waals surface area contributed by atoms with Crippen molar-refractivity contribution in [3.63, 3.8) is 0 Å². The minimum atomic E-state index is -0.232. The molecule has 1 N–H and O–H groups in total. The van der Waals surface area contributed by atoms with Crippen molar-refractivity contribution >= 4 is 17.4 Å². The highest BCUT2D eigenvalue weighted by atomic mass is 16.1. The van der Waals surface area contributed by atoms with Gasteiger partial charge >= 0.3 is 0 Å². The maximum absolute atomic E-state index is 12.3. The number of hydrogen-bond donors (Lipinski definition) is 1. The molecule has 3 rings (SSSR count). The van der Waals surface area contributed by atoms with Crippen LogP contribution in [0.5, 0.6) is 0 Å². The second-order valence-corrected chi connectivity index (χ2v) is 6.71. The van der Waals surface area contributed by atoms with E-state index in [9.17, 15) is 4.79 Å². The topological polar surface area (TPSA) is 58.1 Å². The summed E-state index contributed by atoms with van der Waals surface area (Å²) in [6.07, 6.45) is 5.70. The van der Waals surface area contributed by atoms with Gasteiger partial charge in [-0.3, -0.25) is 4.79 Å². The Morgan fingerprint density at radius 1 is 1.21 bits per heavy atom. The Morgan fingerprint density at radius 3 is 2.71 bits per heavy atom. The third-order valence-corrected chi connectivity index (χ3v) is 4.62. The quantitative estimate of drug-likeness (QED) is 0.937. The first-order chi connectivity index (χ1) is 11.5. The standard InChI is InChI=1S/C19H24N4O/c1-13-5-4-8-23(12-13)18-11-20-17(10-21-18)19(24)22-16-7-6-14(2)15(3)9-16/h6-7,9-11,13H,4-5,8,12H2,1-3H3,(H,22,24). The summed E-state index contributed by atoms with van der Waals surface area (Å²) in [7, 11) is 0. The number of anilines is 2. The zero-order chi connectivity index (χ0) is 17.1. The monoisotopic (exact) mass is 324 g/mol. The third-order valence-electron chi connectivity index (χ3n) is 4.62. The van der Waals surface area contributed by atoms with Crippen molar-refractivity contribution in [1.29, 1.82) is 0 Å². The minimum Gasteiger partial charge on any atom is -0.355 e. The fourth-order valence-electron chi connectivity index (χ4n) is 3.01. The normalized spacial score (nSPS) is 17.6. The molecule has 24 heavy (non-hydrogen) atoms. The lowest BCUT2D eigenvalue weighted by Crippen LogP contribution is -2.35. The average molecular weight is 324 g/mol. The Hall–Kier alpha value is -2.43. The van der Waals surface area contributed by atoms with Gasteiger partial charge in [0.1, 0.15) is 11.5 Å². The van der Waals surface area contributed by atoms with Crippen molar-refractivity contribution in [2.24, 2.45) is 5.92 Å². The molecule has 1 aromatic heterocycles. The lowest BCUT2D eigenvalue weighted by atomic mass is 10.0. The first kappa shape index (κ1) is 16.4. The van der Waals surface area contributed by atoms with E-state index in [0.29, 0.717) is 11.6 Å². The van der Waals surface area contributed by atoms with E-state index in [2.05, 4.69) is 27.1 Å². The lowest BCUT2D eigenvalue weighted by molar-refractivity contribution is 0.102. The van der Waals surface area contributed by atoms with Crippen molar-refractivity contribution in [1.82, 2.24) is 9.97 Å².